The number of carbonyl (C=O) groups excluding carboxylic acids is 2. The molecule has 1 fully saturated rings. The Balaban J connectivity index is 1.69. The van der Waals surface area contributed by atoms with Crippen LogP contribution in [0.4, 0.5) is 0 Å². The monoisotopic (exact) mass is 585 g/mol. The Morgan fingerprint density at radius 1 is 1.00 bits per heavy atom. The van der Waals surface area contributed by atoms with Crippen LogP contribution in [0.2, 0.25) is 10.0 Å². The maximum absolute atomic E-state index is 14.2. The van der Waals surface area contributed by atoms with E-state index >= 15 is 0 Å². The molecule has 2 N–H and O–H groups in total. The zero-order valence-corrected chi connectivity index (χ0v) is 24.8. The molecule has 0 saturated heterocycles. The number of amides is 2. The van der Waals surface area contributed by atoms with Crippen LogP contribution in [-0.2, 0) is 9.59 Å². The van der Waals surface area contributed by atoms with E-state index in [1.807, 2.05) is 17.0 Å². The van der Waals surface area contributed by atoms with Gasteiger partial charge in [0.25, 0.3) is 11.8 Å². The number of carbonyl (C=O) groups is 3. The molecule has 214 valence electrons. The van der Waals surface area contributed by atoms with Gasteiger partial charge in [0.15, 0.2) is 0 Å². The van der Waals surface area contributed by atoms with Crippen molar-refractivity contribution < 1.29 is 19.5 Å². The van der Waals surface area contributed by atoms with Crippen molar-refractivity contribution in [3.63, 3.8) is 0 Å². The third-order valence-corrected chi connectivity index (χ3v) is 8.16. The maximum atomic E-state index is 14.2. The average molecular weight is 587 g/mol. The van der Waals surface area contributed by atoms with Gasteiger partial charge in [0, 0.05) is 27.2 Å². The molecule has 2 atom stereocenters. The summed E-state index contributed by atoms with van der Waals surface area (Å²) in [5.74, 6) is -0.984. The lowest BCUT2D eigenvalue weighted by atomic mass is 9.85. The highest BCUT2D eigenvalue weighted by molar-refractivity contribution is 6.47. The Morgan fingerprint density at radius 2 is 1.62 bits per heavy atom. The molecule has 0 aromatic heterocycles. The van der Waals surface area contributed by atoms with E-state index in [0.29, 0.717) is 32.8 Å². The second kappa shape index (κ2) is 12.7. The minimum Gasteiger partial charge on any atom is -0.481 e. The fraction of sp³-hybridized carbons (Fsp3) is 0.484. The lowest BCUT2D eigenvalue weighted by molar-refractivity contribution is -0.137. The molecule has 2 aliphatic rings. The SMILES string of the molecule is CC(C)CCC(c1ccc(C(=O)N[C@H](C)CC(=O)O)cc1)N1C(=O)C(c2cc(Cl)cc(Cl)c2)=NC12CCCCC2. The van der Waals surface area contributed by atoms with Crippen molar-refractivity contribution in [1.82, 2.24) is 10.2 Å². The zero-order valence-electron chi connectivity index (χ0n) is 23.3. The van der Waals surface area contributed by atoms with E-state index in [0.717, 1.165) is 50.5 Å². The molecule has 2 amide bonds. The number of carboxylic acid groups (broad SMARTS) is 1. The summed E-state index contributed by atoms with van der Waals surface area (Å²) in [7, 11) is 0. The fourth-order valence-electron chi connectivity index (χ4n) is 5.81. The van der Waals surface area contributed by atoms with Gasteiger partial charge in [-0.2, -0.15) is 0 Å². The molecule has 40 heavy (non-hydrogen) atoms. The van der Waals surface area contributed by atoms with E-state index in [2.05, 4.69) is 19.2 Å². The summed E-state index contributed by atoms with van der Waals surface area (Å²) in [5.41, 5.74) is 1.76. The molecule has 2 aromatic rings. The molecule has 1 unspecified atom stereocenters. The number of nitrogens with one attached hydrogen (secondary N) is 1. The summed E-state index contributed by atoms with van der Waals surface area (Å²) >= 11 is 12.6. The molecule has 7 nitrogen and oxygen atoms in total. The van der Waals surface area contributed by atoms with Gasteiger partial charge in [-0.3, -0.25) is 19.4 Å². The van der Waals surface area contributed by atoms with Crippen LogP contribution in [0, 0.1) is 5.92 Å². The second-order valence-electron chi connectivity index (χ2n) is 11.4. The predicted molar refractivity (Wildman–Crippen MR) is 158 cm³/mol. The van der Waals surface area contributed by atoms with Gasteiger partial charge in [0.05, 0.1) is 12.5 Å². The van der Waals surface area contributed by atoms with Crippen LogP contribution in [0.1, 0.15) is 99.7 Å². The van der Waals surface area contributed by atoms with Crippen LogP contribution in [0.25, 0.3) is 0 Å². The number of hydrogen-bond donors (Lipinski definition) is 2. The molecular formula is C31H37Cl2N3O4. The van der Waals surface area contributed by atoms with Gasteiger partial charge in [-0.05, 0) is 87.3 Å². The van der Waals surface area contributed by atoms with E-state index in [4.69, 9.17) is 33.3 Å². The Bertz CT molecular complexity index is 1270. The van der Waals surface area contributed by atoms with Gasteiger partial charge in [-0.25, -0.2) is 0 Å². The number of halogens is 2. The van der Waals surface area contributed by atoms with Gasteiger partial charge in [-0.15, -0.1) is 0 Å². The highest BCUT2D eigenvalue weighted by atomic mass is 35.5. The van der Waals surface area contributed by atoms with Crippen LogP contribution in [0.15, 0.2) is 47.5 Å². The number of benzene rings is 2. The van der Waals surface area contributed by atoms with Crippen molar-refractivity contribution in [3.8, 4) is 0 Å². The number of aliphatic imine (C=N–C) groups is 1. The van der Waals surface area contributed by atoms with Gasteiger partial charge >= 0.3 is 5.97 Å². The molecule has 4 rings (SSSR count). The second-order valence-corrected chi connectivity index (χ2v) is 12.3. The molecule has 0 bridgehead atoms. The summed E-state index contributed by atoms with van der Waals surface area (Å²) in [5, 5.41) is 12.6. The van der Waals surface area contributed by atoms with Crippen molar-refractivity contribution >= 4 is 46.7 Å². The summed E-state index contributed by atoms with van der Waals surface area (Å²) in [6, 6.07) is 11.7. The van der Waals surface area contributed by atoms with Gasteiger partial charge in [0.1, 0.15) is 11.4 Å². The number of aliphatic carboxylic acids is 1. The molecule has 1 saturated carbocycles. The first-order valence-electron chi connectivity index (χ1n) is 14.0. The Labute approximate surface area is 246 Å². The van der Waals surface area contributed by atoms with E-state index in [1.165, 1.54) is 0 Å². The van der Waals surface area contributed by atoms with Crippen molar-refractivity contribution in [2.24, 2.45) is 10.9 Å². The lowest BCUT2D eigenvalue weighted by Gasteiger charge is -2.44. The Kier molecular flexibility index (Phi) is 9.57. The Morgan fingerprint density at radius 3 is 2.20 bits per heavy atom. The minimum atomic E-state index is -0.968. The fourth-order valence-corrected chi connectivity index (χ4v) is 6.33. The molecule has 9 heteroatoms. The highest BCUT2D eigenvalue weighted by Crippen LogP contribution is 2.46. The molecule has 1 aliphatic carbocycles. The van der Waals surface area contributed by atoms with Gasteiger partial charge in [-0.1, -0.05) is 55.6 Å². The summed E-state index contributed by atoms with van der Waals surface area (Å²) in [4.78, 5) is 45.1. The molecule has 1 heterocycles. The van der Waals surface area contributed by atoms with Crippen LogP contribution in [0.3, 0.4) is 0 Å². The predicted octanol–water partition coefficient (Wildman–Crippen LogP) is 7.06. The summed E-state index contributed by atoms with van der Waals surface area (Å²) in [6.45, 7) is 6.00. The normalized spacial score (nSPS) is 18.1. The standard InChI is InChI=1S/C31H37Cl2N3O4/c1-19(2)7-12-26(21-8-10-22(11-9-21)29(39)34-20(3)15-27(37)38)36-30(40)28(23-16-24(32)18-25(33)17-23)35-31(36)13-5-4-6-14-31/h8-11,16-20,26H,4-7,12-15H2,1-3H3,(H,34,39)(H,37,38)/t20-,26?/m1/s1. The van der Waals surface area contributed by atoms with Crippen LogP contribution < -0.4 is 5.32 Å². The van der Waals surface area contributed by atoms with E-state index in [-0.39, 0.29) is 24.3 Å². The van der Waals surface area contributed by atoms with Crippen molar-refractivity contribution in [1.29, 1.82) is 0 Å². The van der Waals surface area contributed by atoms with Crippen molar-refractivity contribution in [2.45, 2.75) is 89.9 Å². The first kappa shape index (κ1) is 30.1. The molecule has 2 aromatic carbocycles. The topological polar surface area (TPSA) is 99.1 Å². The van der Waals surface area contributed by atoms with E-state index < -0.39 is 17.7 Å². The Hall–Kier alpha value is -2.90. The highest BCUT2D eigenvalue weighted by Gasteiger charge is 2.50. The van der Waals surface area contributed by atoms with E-state index in [1.54, 1.807) is 37.3 Å². The van der Waals surface area contributed by atoms with E-state index in [9.17, 15) is 14.4 Å². The first-order valence-corrected chi connectivity index (χ1v) is 14.8. The average Bonchev–Trinajstić information content (AvgIpc) is 3.15. The quantitative estimate of drug-likeness (QED) is 0.312. The van der Waals surface area contributed by atoms with Gasteiger partial charge in [0.2, 0.25) is 0 Å². The largest absolute Gasteiger partial charge is 0.481 e. The summed E-state index contributed by atoms with van der Waals surface area (Å²) < 4.78 is 0. The van der Waals surface area contributed by atoms with Crippen molar-refractivity contribution in [2.75, 3.05) is 0 Å². The number of hydrogen-bond acceptors (Lipinski definition) is 4. The van der Waals surface area contributed by atoms with Crippen LogP contribution >= 0.6 is 23.2 Å². The third-order valence-electron chi connectivity index (χ3n) is 7.73. The van der Waals surface area contributed by atoms with Crippen molar-refractivity contribution in [3.05, 3.63) is 69.2 Å². The number of carboxylic acids is 1. The first-order chi connectivity index (χ1) is 19.0. The van der Waals surface area contributed by atoms with Gasteiger partial charge < -0.3 is 15.3 Å². The molecule has 1 aliphatic heterocycles. The summed E-state index contributed by atoms with van der Waals surface area (Å²) in [6.07, 6.45) is 6.18. The number of rotatable bonds is 10. The van der Waals surface area contributed by atoms with Crippen LogP contribution in [-0.4, -0.2) is 45.2 Å². The van der Waals surface area contributed by atoms with Crippen LogP contribution in [0.5, 0.6) is 0 Å². The minimum absolute atomic E-state index is 0.127. The number of nitrogens with zero attached hydrogens (tertiary/aromatic N) is 2. The third kappa shape index (κ3) is 6.87. The molecular weight excluding hydrogens is 549 g/mol. The zero-order chi connectivity index (χ0) is 29.0. The molecule has 0 radical (unpaired) electrons. The maximum Gasteiger partial charge on any atom is 0.305 e. The smallest absolute Gasteiger partial charge is 0.305 e. The molecule has 1 spiro atoms. The lowest BCUT2D eigenvalue weighted by Crippen LogP contribution is -2.50.